The highest BCUT2D eigenvalue weighted by molar-refractivity contribution is 6.00. The first-order valence-electron chi connectivity index (χ1n) is 16.6. The Morgan fingerprint density at radius 1 is 0.979 bits per heavy atom. The zero-order valence-corrected chi connectivity index (χ0v) is 28.9. The zero-order chi connectivity index (χ0) is 33.9. The third kappa shape index (κ3) is 12.6. The number of nitrogens with zero attached hydrogens (tertiary/aromatic N) is 3. The van der Waals surface area contributed by atoms with E-state index in [0.29, 0.717) is 48.4 Å². The Bertz CT molecular complexity index is 1480. The fraction of sp³-hybridized carbons (Fsp3) is 0.395. The van der Waals surface area contributed by atoms with Crippen molar-refractivity contribution in [1.82, 2.24) is 15.2 Å². The highest BCUT2D eigenvalue weighted by Crippen LogP contribution is 2.38. The van der Waals surface area contributed by atoms with Gasteiger partial charge in [0.15, 0.2) is 0 Å². The number of unbranched alkanes of at least 4 members (excludes halogenated alkanes) is 5. The molecule has 0 atom stereocenters. The van der Waals surface area contributed by atoms with Gasteiger partial charge in [-0.3, -0.25) is 4.79 Å². The van der Waals surface area contributed by atoms with E-state index in [1.807, 2.05) is 99.6 Å². The minimum atomic E-state index is -0.243. The van der Waals surface area contributed by atoms with Crippen LogP contribution in [0.3, 0.4) is 0 Å². The van der Waals surface area contributed by atoms with E-state index >= 15 is 0 Å². The second-order valence-electron chi connectivity index (χ2n) is 11.5. The number of amides is 1. The fourth-order valence-corrected chi connectivity index (χ4v) is 4.90. The number of pyridine rings is 1. The lowest BCUT2D eigenvalue weighted by Crippen LogP contribution is -2.33. The summed E-state index contributed by atoms with van der Waals surface area (Å²) < 4.78 is 12.1. The number of anilines is 2. The number of hydrogen-bond donors (Lipinski definition) is 3. The quantitative estimate of drug-likeness (QED) is 0.0403. The molecule has 1 heterocycles. The minimum Gasteiger partial charge on any atom is -0.494 e. The zero-order valence-electron chi connectivity index (χ0n) is 28.9. The number of para-hydroxylation sites is 1. The lowest BCUT2D eigenvalue weighted by Gasteiger charge is -2.19. The van der Waals surface area contributed by atoms with Crippen LogP contribution in [0.5, 0.6) is 11.5 Å². The number of carbonyl (C=O) groups is 1. The van der Waals surface area contributed by atoms with Gasteiger partial charge in [0, 0.05) is 36.7 Å². The monoisotopic (exact) mass is 640 g/mol. The Balaban J connectivity index is 1.84. The van der Waals surface area contributed by atoms with Gasteiger partial charge in [0.1, 0.15) is 23.2 Å². The van der Waals surface area contributed by atoms with Gasteiger partial charge in [0.2, 0.25) is 0 Å². The first-order valence-corrected chi connectivity index (χ1v) is 16.6. The Morgan fingerprint density at radius 2 is 1.77 bits per heavy atom. The Kier molecular flexibility index (Phi) is 16.1. The van der Waals surface area contributed by atoms with E-state index in [1.54, 1.807) is 19.5 Å². The van der Waals surface area contributed by atoms with E-state index in [4.69, 9.17) is 9.47 Å². The van der Waals surface area contributed by atoms with Gasteiger partial charge in [-0.15, -0.1) is 0 Å². The van der Waals surface area contributed by atoms with Gasteiger partial charge in [0.05, 0.1) is 25.0 Å². The average molecular weight is 641 g/mol. The smallest absolute Gasteiger partial charge is 0.255 e. The third-order valence-corrected chi connectivity index (χ3v) is 7.43. The Morgan fingerprint density at radius 3 is 2.49 bits per heavy atom. The summed E-state index contributed by atoms with van der Waals surface area (Å²) in [4.78, 5) is 24.4. The van der Waals surface area contributed by atoms with Crippen molar-refractivity contribution in [2.75, 3.05) is 51.5 Å². The molecule has 0 unspecified atom stereocenters. The number of carbonyl (C=O) groups excluding carboxylic acids is 1. The molecular formula is C38H52N6O3. The second-order valence-corrected chi connectivity index (χ2v) is 11.5. The number of hydrogen-bond acceptors (Lipinski definition) is 7. The normalized spacial score (nSPS) is 12.2. The van der Waals surface area contributed by atoms with Crippen molar-refractivity contribution in [1.29, 1.82) is 0 Å². The maximum absolute atomic E-state index is 13.5. The summed E-state index contributed by atoms with van der Waals surface area (Å²) in [5, 5.41) is 9.63. The number of ether oxygens (including phenoxy) is 2. The molecule has 1 amide bonds. The fourth-order valence-electron chi connectivity index (χ4n) is 4.90. The largest absolute Gasteiger partial charge is 0.494 e. The molecule has 0 saturated heterocycles. The van der Waals surface area contributed by atoms with Crippen LogP contribution in [-0.4, -0.2) is 62.5 Å². The predicted molar refractivity (Wildman–Crippen MR) is 195 cm³/mol. The number of amidine groups is 1. The molecule has 0 aliphatic carbocycles. The molecule has 3 rings (SSSR count). The molecule has 0 spiro atoms. The van der Waals surface area contributed by atoms with Crippen molar-refractivity contribution in [3.8, 4) is 22.6 Å². The number of aliphatic imine (C=N–C) groups is 1. The van der Waals surface area contributed by atoms with Crippen molar-refractivity contribution in [2.45, 2.75) is 59.3 Å². The second kappa shape index (κ2) is 20.5. The molecule has 2 aromatic carbocycles. The van der Waals surface area contributed by atoms with E-state index < -0.39 is 0 Å². The first kappa shape index (κ1) is 36.8. The molecule has 1 aromatic heterocycles. The van der Waals surface area contributed by atoms with E-state index in [1.165, 1.54) is 32.1 Å². The van der Waals surface area contributed by atoms with Crippen LogP contribution in [0.15, 0.2) is 95.4 Å². The Labute approximate surface area is 281 Å². The lowest BCUT2D eigenvalue weighted by molar-refractivity contribution is -0.117. The highest BCUT2D eigenvalue weighted by atomic mass is 16.5. The van der Waals surface area contributed by atoms with Crippen LogP contribution in [-0.2, 0) is 4.79 Å². The summed E-state index contributed by atoms with van der Waals surface area (Å²) in [6.07, 6.45) is 12.5. The van der Waals surface area contributed by atoms with E-state index in [0.717, 1.165) is 29.0 Å². The maximum atomic E-state index is 13.5. The Hall–Kier alpha value is -4.63. The molecule has 3 aromatic rings. The number of rotatable bonds is 19. The van der Waals surface area contributed by atoms with Gasteiger partial charge in [-0.25, -0.2) is 9.98 Å². The summed E-state index contributed by atoms with van der Waals surface area (Å²) in [5.74, 6) is 2.51. The number of allylic oxidation sites excluding steroid dienone is 1. The molecule has 0 bridgehead atoms. The van der Waals surface area contributed by atoms with Crippen LogP contribution in [0, 0.1) is 0 Å². The van der Waals surface area contributed by atoms with Gasteiger partial charge in [0.25, 0.3) is 5.91 Å². The summed E-state index contributed by atoms with van der Waals surface area (Å²) in [7, 11) is 5.59. The van der Waals surface area contributed by atoms with Gasteiger partial charge < -0.3 is 30.3 Å². The molecule has 47 heavy (non-hydrogen) atoms. The molecule has 3 N–H and O–H groups in total. The molecule has 0 aliphatic rings. The SMILES string of the molecule is C/C=C(Nc1cccc(-c2cccc(OCCCCCCCC)c2)c1OC)\C(=C/N=C(C)Nc1ccccn1)C(=O)NCCN(C)C. The van der Waals surface area contributed by atoms with E-state index in [9.17, 15) is 4.79 Å². The number of benzene rings is 2. The lowest BCUT2D eigenvalue weighted by atomic mass is 10.0. The number of methoxy groups -OCH3 is 1. The van der Waals surface area contributed by atoms with Crippen molar-refractivity contribution in [3.05, 3.63) is 90.4 Å². The molecule has 0 radical (unpaired) electrons. The molecule has 0 aliphatic heterocycles. The van der Waals surface area contributed by atoms with Crippen LogP contribution in [0.4, 0.5) is 11.5 Å². The van der Waals surface area contributed by atoms with Crippen LogP contribution >= 0.6 is 0 Å². The molecule has 9 nitrogen and oxygen atoms in total. The topological polar surface area (TPSA) is 100 Å². The predicted octanol–water partition coefficient (Wildman–Crippen LogP) is 7.90. The van der Waals surface area contributed by atoms with Crippen molar-refractivity contribution in [3.63, 3.8) is 0 Å². The maximum Gasteiger partial charge on any atom is 0.255 e. The number of nitrogens with one attached hydrogen (secondary N) is 3. The van der Waals surface area contributed by atoms with Gasteiger partial charge >= 0.3 is 0 Å². The van der Waals surface area contributed by atoms with Crippen molar-refractivity contribution in [2.24, 2.45) is 4.99 Å². The van der Waals surface area contributed by atoms with Gasteiger partial charge in [-0.1, -0.05) is 75.4 Å². The van der Waals surface area contributed by atoms with Crippen LogP contribution in [0.1, 0.15) is 59.3 Å². The molecular weight excluding hydrogens is 588 g/mol. The summed E-state index contributed by atoms with van der Waals surface area (Å²) in [6.45, 7) is 7.84. The summed E-state index contributed by atoms with van der Waals surface area (Å²) in [5.41, 5.74) is 3.58. The molecule has 9 heteroatoms. The van der Waals surface area contributed by atoms with Crippen LogP contribution in [0.2, 0.25) is 0 Å². The molecule has 252 valence electrons. The third-order valence-electron chi connectivity index (χ3n) is 7.43. The standard InChI is InChI=1S/C38H52N6O3/c1-7-9-10-11-12-15-26-47-31-19-16-18-30(27-31)32-20-17-21-35(37(32)46-6)43-34(8-2)33(38(45)40-24-25-44(4)5)28-41-29(3)42-36-22-13-14-23-39-36/h8,13-14,16-23,27-28,43H,7,9-12,15,24-26H2,1-6H3,(H,40,45)(H,39,41,42)/b33-28+,34-8+. The molecule has 0 fully saturated rings. The van der Waals surface area contributed by atoms with Crippen LogP contribution in [0.25, 0.3) is 11.1 Å². The van der Waals surface area contributed by atoms with Gasteiger partial charge in [-0.2, -0.15) is 0 Å². The van der Waals surface area contributed by atoms with E-state index in [-0.39, 0.29) is 5.91 Å². The first-order chi connectivity index (χ1) is 22.9. The summed E-state index contributed by atoms with van der Waals surface area (Å²) in [6, 6.07) is 19.6. The van der Waals surface area contributed by atoms with Gasteiger partial charge in [-0.05, 0) is 70.3 Å². The molecule has 0 saturated carbocycles. The van der Waals surface area contributed by atoms with Crippen LogP contribution < -0.4 is 25.4 Å². The van der Waals surface area contributed by atoms with Crippen molar-refractivity contribution >= 4 is 23.2 Å². The number of aromatic nitrogens is 1. The number of likely N-dealkylation sites (N-methyl/N-ethyl adjacent to an activating group) is 1. The minimum absolute atomic E-state index is 0.243. The summed E-state index contributed by atoms with van der Waals surface area (Å²) >= 11 is 0. The highest BCUT2D eigenvalue weighted by Gasteiger charge is 2.18. The van der Waals surface area contributed by atoms with E-state index in [2.05, 4.69) is 32.9 Å². The average Bonchev–Trinajstić information content (AvgIpc) is 3.07. The van der Waals surface area contributed by atoms with Crippen molar-refractivity contribution < 1.29 is 14.3 Å².